The Morgan fingerprint density at radius 2 is 2.08 bits per heavy atom. The molecule has 0 saturated heterocycles. The number of carbonyl (C=O) groups excluding carboxylic acids is 1. The van der Waals surface area contributed by atoms with E-state index in [1.807, 2.05) is 19.9 Å². The molecule has 0 aliphatic rings. The van der Waals surface area contributed by atoms with Crippen LogP contribution in [0.3, 0.4) is 0 Å². The fraction of sp³-hybridized carbons (Fsp3) is 0.300. The molecule has 0 unspecified atom stereocenters. The topological polar surface area (TPSA) is 29.1 Å². The van der Waals surface area contributed by atoms with E-state index in [4.69, 9.17) is 0 Å². The highest BCUT2D eigenvalue weighted by Gasteiger charge is 1.94. The van der Waals surface area contributed by atoms with Crippen molar-refractivity contribution in [2.24, 2.45) is 5.92 Å². The number of allylic oxidation sites excluding steroid dienone is 2. The molecule has 0 heterocycles. The second-order valence-electron chi connectivity index (χ2n) is 2.82. The zero-order chi connectivity index (χ0) is 9.56. The monoisotopic (exact) mass is 165 g/mol. The quantitative estimate of drug-likeness (QED) is 0.501. The van der Waals surface area contributed by atoms with Gasteiger partial charge in [-0.3, -0.25) is 4.79 Å². The number of hydrogen-bond acceptors (Lipinski definition) is 1. The Morgan fingerprint density at radius 3 is 2.50 bits per heavy atom. The molecule has 0 bridgehead atoms. The predicted molar refractivity (Wildman–Crippen MR) is 51.5 cm³/mol. The first-order chi connectivity index (χ1) is 5.56. The van der Waals surface area contributed by atoms with E-state index in [2.05, 4.69) is 18.5 Å². The summed E-state index contributed by atoms with van der Waals surface area (Å²) >= 11 is 0. The Bertz CT molecular complexity index is 214. The Balaban J connectivity index is 3.90. The van der Waals surface area contributed by atoms with Crippen molar-refractivity contribution in [1.29, 1.82) is 0 Å². The molecule has 0 atom stereocenters. The van der Waals surface area contributed by atoms with Crippen molar-refractivity contribution in [2.45, 2.75) is 13.8 Å². The van der Waals surface area contributed by atoms with Crippen LogP contribution >= 0.6 is 0 Å². The van der Waals surface area contributed by atoms with Crippen LogP contribution in [0.25, 0.3) is 0 Å². The maximum atomic E-state index is 11.0. The first-order valence-electron chi connectivity index (χ1n) is 3.86. The lowest BCUT2D eigenvalue weighted by molar-refractivity contribution is -0.115. The predicted octanol–water partition coefficient (Wildman–Crippen LogP) is 2.01. The van der Waals surface area contributed by atoms with Crippen LogP contribution in [0.5, 0.6) is 0 Å². The molecule has 1 amide bonds. The van der Waals surface area contributed by atoms with Crippen LogP contribution in [0.15, 0.2) is 37.1 Å². The summed E-state index contributed by atoms with van der Waals surface area (Å²) in [6.07, 6.45) is 4.83. The number of rotatable bonds is 4. The van der Waals surface area contributed by atoms with Gasteiger partial charge in [0, 0.05) is 5.70 Å². The van der Waals surface area contributed by atoms with Crippen LogP contribution in [0.2, 0.25) is 0 Å². The van der Waals surface area contributed by atoms with Crippen LogP contribution in [0.4, 0.5) is 0 Å². The molecule has 0 aliphatic heterocycles. The molecule has 0 aromatic rings. The summed E-state index contributed by atoms with van der Waals surface area (Å²) in [6, 6.07) is 0. The van der Waals surface area contributed by atoms with E-state index in [0.717, 1.165) is 0 Å². The molecule has 2 heteroatoms. The van der Waals surface area contributed by atoms with Gasteiger partial charge in [-0.1, -0.05) is 33.1 Å². The number of carbonyl (C=O) groups is 1. The molecule has 0 radical (unpaired) electrons. The zero-order valence-electron chi connectivity index (χ0n) is 7.63. The summed E-state index contributed by atoms with van der Waals surface area (Å²) in [5, 5.41) is 2.55. The first-order valence-corrected chi connectivity index (χ1v) is 3.86. The molecule has 0 rings (SSSR count). The zero-order valence-corrected chi connectivity index (χ0v) is 7.63. The fourth-order valence-corrected chi connectivity index (χ4v) is 0.531. The Hall–Kier alpha value is -1.31. The number of nitrogens with one attached hydrogen (secondary N) is 1. The Kier molecular flexibility index (Phi) is 4.77. The van der Waals surface area contributed by atoms with Gasteiger partial charge < -0.3 is 5.32 Å². The fourth-order valence-electron chi connectivity index (χ4n) is 0.531. The van der Waals surface area contributed by atoms with Crippen LogP contribution in [0, 0.1) is 5.92 Å². The standard InChI is InChI=1S/C10H15NO/c1-5-9(4)11-10(12)7-6-8(2)3/h5-8H,1,4H2,2-3H3,(H,11,12). The van der Waals surface area contributed by atoms with Gasteiger partial charge in [0.05, 0.1) is 0 Å². The van der Waals surface area contributed by atoms with Crippen LogP contribution in [-0.4, -0.2) is 5.91 Å². The van der Waals surface area contributed by atoms with Crippen LogP contribution in [-0.2, 0) is 4.79 Å². The van der Waals surface area contributed by atoms with Crippen molar-refractivity contribution in [3.05, 3.63) is 37.1 Å². The molecule has 0 fully saturated rings. The minimum atomic E-state index is -0.159. The van der Waals surface area contributed by atoms with E-state index in [1.165, 1.54) is 12.2 Å². The molecule has 0 saturated carbocycles. The maximum absolute atomic E-state index is 11.0. The van der Waals surface area contributed by atoms with Gasteiger partial charge in [-0.05, 0) is 18.1 Å². The summed E-state index contributed by atoms with van der Waals surface area (Å²) in [5.74, 6) is 0.223. The summed E-state index contributed by atoms with van der Waals surface area (Å²) in [7, 11) is 0. The van der Waals surface area contributed by atoms with Crippen molar-refractivity contribution in [3.63, 3.8) is 0 Å². The second kappa shape index (κ2) is 5.35. The van der Waals surface area contributed by atoms with Gasteiger partial charge in [0.15, 0.2) is 0 Å². The molecule has 12 heavy (non-hydrogen) atoms. The normalized spacial score (nSPS) is 10.2. The molecular formula is C10H15NO. The minimum Gasteiger partial charge on any atom is -0.323 e. The molecular weight excluding hydrogens is 150 g/mol. The highest BCUT2D eigenvalue weighted by molar-refractivity contribution is 5.89. The van der Waals surface area contributed by atoms with E-state index in [0.29, 0.717) is 11.6 Å². The third-order valence-corrected chi connectivity index (χ3v) is 1.16. The SMILES string of the molecule is C=CC(=C)NC(=O)C=CC(C)C. The highest BCUT2D eigenvalue weighted by Crippen LogP contribution is 1.93. The largest absolute Gasteiger partial charge is 0.323 e. The van der Waals surface area contributed by atoms with Gasteiger partial charge in [0.1, 0.15) is 0 Å². The third kappa shape index (κ3) is 5.47. The van der Waals surface area contributed by atoms with E-state index < -0.39 is 0 Å². The van der Waals surface area contributed by atoms with Gasteiger partial charge >= 0.3 is 0 Å². The van der Waals surface area contributed by atoms with Gasteiger partial charge in [-0.2, -0.15) is 0 Å². The molecule has 0 spiro atoms. The lowest BCUT2D eigenvalue weighted by Gasteiger charge is -1.99. The third-order valence-electron chi connectivity index (χ3n) is 1.16. The molecule has 0 aromatic carbocycles. The van der Waals surface area contributed by atoms with Gasteiger partial charge in [0.2, 0.25) is 5.91 Å². The van der Waals surface area contributed by atoms with E-state index in [-0.39, 0.29) is 5.91 Å². The first kappa shape index (κ1) is 10.7. The smallest absolute Gasteiger partial charge is 0.248 e. The second-order valence-corrected chi connectivity index (χ2v) is 2.82. The van der Waals surface area contributed by atoms with Crippen molar-refractivity contribution in [3.8, 4) is 0 Å². The Morgan fingerprint density at radius 1 is 1.50 bits per heavy atom. The summed E-state index contributed by atoms with van der Waals surface area (Å²) in [5.41, 5.74) is 0.522. The van der Waals surface area contributed by atoms with Crippen molar-refractivity contribution < 1.29 is 4.79 Å². The summed E-state index contributed by atoms with van der Waals surface area (Å²) in [6.45, 7) is 11.0. The molecule has 1 N–H and O–H groups in total. The summed E-state index contributed by atoms with van der Waals surface area (Å²) < 4.78 is 0. The van der Waals surface area contributed by atoms with E-state index >= 15 is 0 Å². The minimum absolute atomic E-state index is 0.159. The molecule has 0 aliphatic carbocycles. The highest BCUT2D eigenvalue weighted by atomic mass is 16.1. The molecule has 66 valence electrons. The lowest BCUT2D eigenvalue weighted by Crippen LogP contribution is -2.18. The lowest BCUT2D eigenvalue weighted by atomic mass is 10.2. The van der Waals surface area contributed by atoms with E-state index in [9.17, 15) is 4.79 Å². The van der Waals surface area contributed by atoms with Crippen molar-refractivity contribution in [2.75, 3.05) is 0 Å². The number of amides is 1. The van der Waals surface area contributed by atoms with Gasteiger partial charge in [-0.15, -0.1) is 0 Å². The van der Waals surface area contributed by atoms with Crippen molar-refractivity contribution in [1.82, 2.24) is 5.32 Å². The van der Waals surface area contributed by atoms with Gasteiger partial charge in [0.25, 0.3) is 0 Å². The summed E-state index contributed by atoms with van der Waals surface area (Å²) in [4.78, 5) is 11.0. The van der Waals surface area contributed by atoms with Crippen molar-refractivity contribution >= 4 is 5.91 Å². The number of hydrogen-bond donors (Lipinski definition) is 1. The Labute approximate surface area is 73.7 Å². The average Bonchev–Trinajstić information content (AvgIpc) is 2.00. The molecule has 2 nitrogen and oxygen atoms in total. The van der Waals surface area contributed by atoms with Crippen LogP contribution in [0.1, 0.15) is 13.8 Å². The van der Waals surface area contributed by atoms with Gasteiger partial charge in [-0.25, -0.2) is 0 Å². The van der Waals surface area contributed by atoms with E-state index in [1.54, 1.807) is 0 Å². The average molecular weight is 165 g/mol. The van der Waals surface area contributed by atoms with Crippen LogP contribution < -0.4 is 5.32 Å². The molecule has 0 aromatic heterocycles. The maximum Gasteiger partial charge on any atom is 0.248 e.